The van der Waals surface area contributed by atoms with E-state index in [1.807, 2.05) is 25.2 Å². The van der Waals surface area contributed by atoms with Gasteiger partial charge in [-0.3, -0.25) is 0 Å². The molecule has 0 saturated heterocycles. The summed E-state index contributed by atoms with van der Waals surface area (Å²) in [5.74, 6) is 0. The van der Waals surface area contributed by atoms with Crippen LogP contribution in [0.5, 0.6) is 0 Å². The van der Waals surface area contributed by atoms with Crippen molar-refractivity contribution in [1.82, 2.24) is 0 Å². The molecule has 0 unspecified atom stereocenters. The van der Waals surface area contributed by atoms with E-state index in [0.29, 0.717) is 0 Å². The van der Waals surface area contributed by atoms with Crippen molar-refractivity contribution < 1.29 is 14.3 Å². The average Bonchev–Trinajstić information content (AvgIpc) is 2.51. The van der Waals surface area contributed by atoms with Crippen molar-refractivity contribution in [2.45, 2.75) is 53.9 Å². The molecule has 24 heavy (non-hydrogen) atoms. The van der Waals surface area contributed by atoms with Crippen LogP contribution < -0.4 is 0 Å². The fourth-order valence-electron chi connectivity index (χ4n) is 2.86. The molecule has 0 saturated carbocycles. The van der Waals surface area contributed by atoms with Crippen molar-refractivity contribution in [2.75, 3.05) is 7.11 Å². The molecule has 0 N–H and O–H groups in total. The lowest BCUT2D eigenvalue weighted by Gasteiger charge is -2.32. The Morgan fingerprint density at radius 2 is 1.88 bits per heavy atom. The molecule has 0 aliphatic heterocycles. The highest BCUT2D eigenvalue weighted by molar-refractivity contribution is 5.60. The number of methoxy groups -OCH3 is 1. The normalized spacial score (nSPS) is 19.2. The maximum Gasteiger partial charge on any atom is 0.512 e. The monoisotopic (exact) mass is 330 g/mol. The van der Waals surface area contributed by atoms with Gasteiger partial charge in [-0.05, 0) is 56.6 Å². The SMILES string of the molecule is COC(=O)O/C=C(C)/C=C/C=C(C)/C=C/C1=C(C)CCCC1(C)C. The van der Waals surface area contributed by atoms with Crippen LogP contribution in [0.25, 0.3) is 0 Å². The van der Waals surface area contributed by atoms with Crippen LogP contribution in [0.3, 0.4) is 0 Å². The zero-order valence-electron chi connectivity index (χ0n) is 15.8. The summed E-state index contributed by atoms with van der Waals surface area (Å²) in [6.07, 6.45) is 14.7. The largest absolute Gasteiger partial charge is 0.512 e. The van der Waals surface area contributed by atoms with Crippen molar-refractivity contribution >= 4 is 6.16 Å². The van der Waals surface area contributed by atoms with Gasteiger partial charge in [0.15, 0.2) is 0 Å². The minimum absolute atomic E-state index is 0.263. The quantitative estimate of drug-likeness (QED) is 0.339. The van der Waals surface area contributed by atoms with Crippen LogP contribution in [-0.4, -0.2) is 13.3 Å². The Labute approximate surface area is 146 Å². The van der Waals surface area contributed by atoms with Crippen LogP contribution in [0.4, 0.5) is 4.79 Å². The van der Waals surface area contributed by atoms with Gasteiger partial charge >= 0.3 is 6.16 Å². The summed E-state index contributed by atoms with van der Waals surface area (Å²) in [4.78, 5) is 10.9. The fraction of sp³-hybridized carbons (Fsp3) is 0.476. The van der Waals surface area contributed by atoms with Crippen LogP contribution in [-0.2, 0) is 9.47 Å². The second-order valence-electron chi connectivity index (χ2n) is 6.97. The molecule has 0 amide bonds. The molecule has 1 aliphatic rings. The number of carbonyl (C=O) groups excluding carboxylic acids is 1. The Morgan fingerprint density at radius 1 is 1.17 bits per heavy atom. The summed E-state index contributed by atoms with van der Waals surface area (Å²) < 4.78 is 9.16. The summed E-state index contributed by atoms with van der Waals surface area (Å²) in [6.45, 7) is 10.8. The predicted octanol–water partition coefficient (Wildman–Crippen LogP) is 6.26. The van der Waals surface area contributed by atoms with Crippen molar-refractivity contribution in [1.29, 1.82) is 0 Å². The topological polar surface area (TPSA) is 35.5 Å². The van der Waals surface area contributed by atoms with Crippen LogP contribution in [0.2, 0.25) is 0 Å². The number of hydrogen-bond acceptors (Lipinski definition) is 3. The zero-order valence-corrected chi connectivity index (χ0v) is 15.8. The van der Waals surface area contributed by atoms with Crippen LogP contribution in [0.1, 0.15) is 53.9 Å². The van der Waals surface area contributed by atoms with Gasteiger partial charge in [0.25, 0.3) is 0 Å². The van der Waals surface area contributed by atoms with Crippen molar-refractivity contribution in [3.8, 4) is 0 Å². The first-order valence-electron chi connectivity index (χ1n) is 8.41. The molecule has 3 heteroatoms. The lowest BCUT2D eigenvalue weighted by molar-refractivity contribution is 0.105. The van der Waals surface area contributed by atoms with Gasteiger partial charge in [0.2, 0.25) is 0 Å². The Bertz CT molecular complexity index is 599. The first-order valence-corrected chi connectivity index (χ1v) is 8.41. The highest BCUT2D eigenvalue weighted by Gasteiger charge is 2.26. The molecule has 3 nitrogen and oxygen atoms in total. The summed E-state index contributed by atoms with van der Waals surface area (Å²) in [7, 11) is 1.28. The first kappa shape index (κ1) is 20.0. The van der Waals surface area contributed by atoms with Crippen molar-refractivity contribution in [2.24, 2.45) is 5.41 Å². The molecule has 0 fully saturated rings. The molecule has 0 atom stereocenters. The average molecular weight is 330 g/mol. The van der Waals surface area contributed by atoms with Crippen LogP contribution >= 0.6 is 0 Å². The van der Waals surface area contributed by atoms with Gasteiger partial charge in [0.05, 0.1) is 7.11 Å². The lowest BCUT2D eigenvalue weighted by atomic mass is 9.72. The molecule has 0 heterocycles. The molecule has 0 radical (unpaired) electrons. The van der Waals surface area contributed by atoms with Gasteiger partial charge < -0.3 is 9.47 Å². The Kier molecular flexibility index (Phi) is 7.76. The van der Waals surface area contributed by atoms with Gasteiger partial charge in [-0.15, -0.1) is 0 Å². The molecular formula is C21H30O3. The summed E-state index contributed by atoms with van der Waals surface area (Å²) in [6, 6.07) is 0. The van der Waals surface area contributed by atoms with Gasteiger partial charge in [-0.1, -0.05) is 55.4 Å². The van der Waals surface area contributed by atoms with Crippen LogP contribution in [0, 0.1) is 5.41 Å². The van der Waals surface area contributed by atoms with Gasteiger partial charge in [-0.2, -0.15) is 0 Å². The summed E-state index contributed by atoms with van der Waals surface area (Å²) in [5, 5.41) is 0. The van der Waals surface area contributed by atoms with Crippen molar-refractivity contribution in [3.05, 3.63) is 58.9 Å². The maximum absolute atomic E-state index is 10.9. The molecule has 1 aliphatic carbocycles. The van der Waals surface area contributed by atoms with E-state index in [0.717, 1.165) is 5.57 Å². The molecule has 0 aromatic heterocycles. The third kappa shape index (κ3) is 6.61. The second-order valence-corrected chi connectivity index (χ2v) is 6.97. The summed E-state index contributed by atoms with van der Waals surface area (Å²) in [5.41, 5.74) is 5.24. The molecule has 0 aromatic carbocycles. The van der Waals surface area contributed by atoms with Gasteiger partial charge in [0, 0.05) is 0 Å². The smallest absolute Gasteiger partial charge is 0.437 e. The van der Waals surface area contributed by atoms with E-state index >= 15 is 0 Å². The number of allylic oxidation sites excluding steroid dienone is 9. The van der Waals surface area contributed by atoms with E-state index in [2.05, 4.69) is 44.6 Å². The highest BCUT2D eigenvalue weighted by Crippen LogP contribution is 2.40. The van der Waals surface area contributed by atoms with E-state index in [9.17, 15) is 4.79 Å². The molecular weight excluding hydrogens is 300 g/mol. The van der Waals surface area contributed by atoms with Crippen molar-refractivity contribution in [3.63, 3.8) is 0 Å². The Balaban J connectivity index is 2.70. The predicted molar refractivity (Wildman–Crippen MR) is 99.6 cm³/mol. The van der Waals surface area contributed by atoms with E-state index in [1.165, 1.54) is 49.4 Å². The first-order chi connectivity index (χ1) is 11.3. The number of rotatable bonds is 5. The number of ether oxygens (including phenoxy) is 2. The van der Waals surface area contributed by atoms with E-state index in [-0.39, 0.29) is 5.41 Å². The second kappa shape index (κ2) is 9.31. The minimum atomic E-state index is -0.712. The van der Waals surface area contributed by atoms with E-state index in [1.54, 1.807) is 0 Å². The van der Waals surface area contributed by atoms with E-state index in [4.69, 9.17) is 4.74 Å². The third-order valence-electron chi connectivity index (χ3n) is 4.28. The number of hydrogen-bond donors (Lipinski definition) is 0. The Hall–Kier alpha value is -2.03. The standard InChI is InChI=1S/C21H30O3/c1-16(9-7-10-17(2)15-24-20(22)23-6)12-13-19-18(3)11-8-14-21(19,4)5/h7,9-10,12-13,15H,8,11,14H2,1-6H3/b10-7+,13-12+,16-9+,17-15+. The molecule has 0 aromatic rings. The zero-order chi connectivity index (χ0) is 18.2. The number of carbonyl (C=O) groups is 1. The molecule has 0 bridgehead atoms. The molecule has 132 valence electrons. The van der Waals surface area contributed by atoms with Gasteiger partial charge in [0.1, 0.15) is 6.26 Å². The van der Waals surface area contributed by atoms with Gasteiger partial charge in [-0.25, -0.2) is 4.79 Å². The van der Waals surface area contributed by atoms with Crippen LogP contribution in [0.15, 0.2) is 58.9 Å². The van der Waals surface area contributed by atoms with E-state index < -0.39 is 6.16 Å². The lowest BCUT2D eigenvalue weighted by Crippen LogP contribution is -2.19. The molecule has 0 spiro atoms. The highest BCUT2D eigenvalue weighted by atomic mass is 16.7. The maximum atomic E-state index is 10.9. The summed E-state index contributed by atoms with van der Waals surface area (Å²) >= 11 is 0. The minimum Gasteiger partial charge on any atom is -0.437 e. The fourth-order valence-corrected chi connectivity index (χ4v) is 2.86. The molecule has 1 rings (SSSR count). The third-order valence-corrected chi connectivity index (χ3v) is 4.28. The Morgan fingerprint density at radius 3 is 2.50 bits per heavy atom.